The normalized spacial score (nSPS) is 13.9. The van der Waals surface area contributed by atoms with Gasteiger partial charge in [-0.1, -0.05) is 28.1 Å². The monoisotopic (exact) mass is 339 g/mol. The summed E-state index contributed by atoms with van der Waals surface area (Å²) >= 11 is 3.37. The lowest BCUT2D eigenvalue weighted by atomic mass is 10.1. The highest BCUT2D eigenvalue weighted by Crippen LogP contribution is 2.27. The van der Waals surface area contributed by atoms with Gasteiger partial charge in [0.2, 0.25) is 5.91 Å². The van der Waals surface area contributed by atoms with Gasteiger partial charge in [-0.25, -0.2) is 0 Å². The predicted molar refractivity (Wildman–Crippen MR) is 79.2 cm³/mol. The van der Waals surface area contributed by atoms with Gasteiger partial charge in [0.15, 0.2) is 0 Å². The summed E-state index contributed by atoms with van der Waals surface area (Å²) in [5.41, 5.74) is 0.952. The molecule has 0 aromatic heterocycles. The molecule has 0 saturated heterocycles. The van der Waals surface area contributed by atoms with Crippen LogP contribution in [0, 0.1) is 0 Å². The van der Waals surface area contributed by atoms with Crippen molar-refractivity contribution in [2.24, 2.45) is 0 Å². The van der Waals surface area contributed by atoms with Crippen molar-refractivity contribution in [3.05, 3.63) is 34.3 Å². The molecule has 0 N–H and O–H groups in total. The van der Waals surface area contributed by atoms with Gasteiger partial charge in [-0.3, -0.25) is 9.59 Å². The van der Waals surface area contributed by atoms with Crippen LogP contribution in [0.3, 0.4) is 0 Å². The minimum absolute atomic E-state index is 0.0112. The van der Waals surface area contributed by atoms with Crippen LogP contribution in [0.5, 0.6) is 0 Å². The summed E-state index contributed by atoms with van der Waals surface area (Å²) in [4.78, 5) is 25.5. The second kappa shape index (κ2) is 6.88. The number of hydrogen-bond acceptors (Lipinski definition) is 3. The smallest absolute Gasteiger partial charge is 0.325 e. The average Bonchev–Trinajstić information content (AvgIpc) is 3.23. The number of rotatable bonds is 6. The van der Waals surface area contributed by atoms with Crippen LogP contribution in [0.4, 0.5) is 0 Å². The van der Waals surface area contributed by atoms with E-state index >= 15 is 0 Å². The molecular formula is C15H18BrNO3. The highest BCUT2D eigenvalue weighted by Gasteiger charge is 2.33. The maximum atomic E-state index is 12.3. The topological polar surface area (TPSA) is 46.6 Å². The van der Waals surface area contributed by atoms with Gasteiger partial charge < -0.3 is 9.64 Å². The summed E-state index contributed by atoms with van der Waals surface area (Å²) in [6.45, 7) is 2.18. The van der Waals surface area contributed by atoms with Crippen LogP contribution in [-0.4, -0.2) is 36.0 Å². The van der Waals surface area contributed by atoms with Crippen molar-refractivity contribution in [3.8, 4) is 0 Å². The lowest BCUT2D eigenvalue weighted by Crippen LogP contribution is -2.39. The van der Waals surface area contributed by atoms with Crippen LogP contribution in [0.2, 0.25) is 0 Å². The van der Waals surface area contributed by atoms with Gasteiger partial charge in [0.05, 0.1) is 13.0 Å². The van der Waals surface area contributed by atoms with Gasteiger partial charge in [0, 0.05) is 10.5 Å². The van der Waals surface area contributed by atoms with Gasteiger partial charge in [-0.2, -0.15) is 0 Å². The standard InChI is InChI=1S/C15H18BrNO3/c1-2-20-15(19)10-17(13-7-8-13)14(18)9-11-3-5-12(16)6-4-11/h3-6,13H,2,7-10H2,1H3. The van der Waals surface area contributed by atoms with Crippen molar-refractivity contribution in [3.63, 3.8) is 0 Å². The second-order valence-electron chi connectivity index (χ2n) is 4.86. The number of esters is 1. The minimum atomic E-state index is -0.330. The van der Waals surface area contributed by atoms with Gasteiger partial charge >= 0.3 is 5.97 Å². The predicted octanol–water partition coefficient (Wildman–Crippen LogP) is 2.55. The molecule has 20 heavy (non-hydrogen) atoms. The van der Waals surface area contributed by atoms with Crippen molar-refractivity contribution in [1.82, 2.24) is 4.90 Å². The van der Waals surface area contributed by atoms with E-state index in [-0.39, 0.29) is 24.5 Å². The van der Waals surface area contributed by atoms with Crippen LogP contribution in [0.15, 0.2) is 28.7 Å². The Balaban J connectivity index is 1.96. The Morgan fingerprint density at radius 2 is 1.95 bits per heavy atom. The molecule has 0 aliphatic heterocycles. The largest absolute Gasteiger partial charge is 0.465 e. The Labute approximate surface area is 127 Å². The first-order valence-electron chi connectivity index (χ1n) is 6.79. The van der Waals surface area contributed by atoms with Crippen LogP contribution in [0.25, 0.3) is 0 Å². The van der Waals surface area contributed by atoms with Crippen molar-refractivity contribution < 1.29 is 14.3 Å². The molecule has 4 nitrogen and oxygen atoms in total. The van der Waals surface area contributed by atoms with E-state index in [0.717, 1.165) is 22.9 Å². The van der Waals surface area contributed by atoms with Gasteiger partial charge in [-0.05, 0) is 37.5 Å². The molecule has 1 fully saturated rings. The zero-order valence-corrected chi connectivity index (χ0v) is 13.1. The van der Waals surface area contributed by atoms with E-state index < -0.39 is 0 Å². The summed E-state index contributed by atoms with van der Waals surface area (Å²) < 4.78 is 5.91. The van der Waals surface area contributed by atoms with Gasteiger partial charge in [-0.15, -0.1) is 0 Å². The quantitative estimate of drug-likeness (QED) is 0.748. The molecule has 2 rings (SSSR count). The number of amides is 1. The Morgan fingerprint density at radius 3 is 2.50 bits per heavy atom. The van der Waals surface area contributed by atoms with E-state index in [1.807, 2.05) is 24.3 Å². The summed E-state index contributed by atoms with van der Waals surface area (Å²) in [6, 6.07) is 7.86. The van der Waals surface area contributed by atoms with Crippen molar-refractivity contribution in [2.45, 2.75) is 32.2 Å². The Morgan fingerprint density at radius 1 is 1.30 bits per heavy atom. The summed E-state index contributed by atoms with van der Waals surface area (Å²) in [5, 5.41) is 0. The van der Waals surface area contributed by atoms with E-state index in [2.05, 4.69) is 15.9 Å². The molecule has 0 bridgehead atoms. The third-order valence-corrected chi connectivity index (χ3v) is 3.71. The molecule has 1 aromatic carbocycles. The van der Waals surface area contributed by atoms with Crippen molar-refractivity contribution in [2.75, 3.05) is 13.2 Å². The molecule has 0 atom stereocenters. The highest BCUT2D eigenvalue weighted by atomic mass is 79.9. The van der Waals surface area contributed by atoms with Crippen LogP contribution in [-0.2, 0) is 20.7 Å². The van der Waals surface area contributed by atoms with E-state index in [9.17, 15) is 9.59 Å². The van der Waals surface area contributed by atoms with E-state index in [0.29, 0.717) is 13.0 Å². The number of carbonyl (C=O) groups is 2. The first-order chi connectivity index (χ1) is 9.60. The molecule has 0 heterocycles. The summed E-state index contributed by atoms with van der Waals surface area (Å²) in [5.74, 6) is -0.341. The van der Waals surface area contributed by atoms with Crippen molar-refractivity contribution >= 4 is 27.8 Å². The second-order valence-corrected chi connectivity index (χ2v) is 5.78. The molecule has 0 unspecified atom stereocenters. The molecule has 1 saturated carbocycles. The van der Waals surface area contributed by atoms with Crippen LogP contribution < -0.4 is 0 Å². The zero-order chi connectivity index (χ0) is 14.5. The average molecular weight is 340 g/mol. The molecule has 1 aromatic rings. The molecule has 1 amide bonds. The fraction of sp³-hybridized carbons (Fsp3) is 0.467. The number of carbonyl (C=O) groups excluding carboxylic acids is 2. The van der Waals surface area contributed by atoms with E-state index in [1.165, 1.54) is 0 Å². The number of halogens is 1. The lowest BCUT2D eigenvalue weighted by molar-refractivity contribution is -0.149. The highest BCUT2D eigenvalue weighted by molar-refractivity contribution is 9.10. The molecule has 1 aliphatic rings. The van der Waals surface area contributed by atoms with Crippen LogP contribution >= 0.6 is 15.9 Å². The molecule has 1 aliphatic carbocycles. The lowest BCUT2D eigenvalue weighted by Gasteiger charge is -2.21. The Kier molecular flexibility index (Phi) is 5.17. The van der Waals surface area contributed by atoms with E-state index in [4.69, 9.17) is 4.74 Å². The van der Waals surface area contributed by atoms with Gasteiger partial charge in [0.25, 0.3) is 0 Å². The summed E-state index contributed by atoms with van der Waals surface area (Å²) in [7, 11) is 0. The number of benzene rings is 1. The Bertz CT molecular complexity index is 482. The third-order valence-electron chi connectivity index (χ3n) is 3.18. The fourth-order valence-corrected chi connectivity index (χ4v) is 2.30. The maximum Gasteiger partial charge on any atom is 0.325 e. The first-order valence-corrected chi connectivity index (χ1v) is 7.59. The molecule has 0 radical (unpaired) electrons. The fourth-order valence-electron chi connectivity index (χ4n) is 2.03. The Hall–Kier alpha value is -1.36. The van der Waals surface area contributed by atoms with E-state index in [1.54, 1.807) is 11.8 Å². The first kappa shape index (κ1) is 15.0. The molecule has 108 valence electrons. The number of ether oxygens (including phenoxy) is 1. The summed E-state index contributed by atoms with van der Waals surface area (Å²) in [6.07, 6.45) is 2.28. The molecular weight excluding hydrogens is 322 g/mol. The number of hydrogen-bond donors (Lipinski definition) is 0. The minimum Gasteiger partial charge on any atom is -0.465 e. The molecule has 5 heteroatoms. The van der Waals surface area contributed by atoms with Gasteiger partial charge in [0.1, 0.15) is 6.54 Å². The van der Waals surface area contributed by atoms with Crippen molar-refractivity contribution in [1.29, 1.82) is 0 Å². The maximum absolute atomic E-state index is 12.3. The zero-order valence-electron chi connectivity index (χ0n) is 11.5. The molecule has 0 spiro atoms. The third kappa shape index (κ3) is 4.34. The SMILES string of the molecule is CCOC(=O)CN(C(=O)Cc1ccc(Br)cc1)C1CC1. The number of nitrogens with zero attached hydrogens (tertiary/aromatic N) is 1. The van der Waals surface area contributed by atoms with Crippen LogP contribution in [0.1, 0.15) is 25.3 Å².